The maximum absolute atomic E-state index is 12.3. The van der Waals surface area contributed by atoms with Crippen LogP contribution in [0, 0.1) is 0 Å². The third-order valence-corrected chi connectivity index (χ3v) is 3.30. The average molecular weight is 317 g/mol. The number of aromatic nitrogens is 2. The fourth-order valence-electron chi connectivity index (χ4n) is 2.13. The van der Waals surface area contributed by atoms with Gasteiger partial charge in [0.1, 0.15) is 6.54 Å². The van der Waals surface area contributed by atoms with Gasteiger partial charge < -0.3 is 14.7 Å². The lowest BCUT2D eigenvalue weighted by molar-refractivity contribution is -0.144. The van der Waals surface area contributed by atoms with Crippen molar-refractivity contribution < 1.29 is 19.4 Å². The van der Waals surface area contributed by atoms with E-state index in [1.54, 1.807) is 10.9 Å². The van der Waals surface area contributed by atoms with Crippen molar-refractivity contribution in [3.8, 4) is 5.69 Å². The molecule has 0 aliphatic rings. The monoisotopic (exact) mass is 317 g/mol. The van der Waals surface area contributed by atoms with E-state index in [-0.39, 0.29) is 25.4 Å². The lowest BCUT2D eigenvalue weighted by atomic mass is 10.1. The fourth-order valence-corrected chi connectivity index (χ4v) is 2.13. The number of nitrogens with zero attached hydrogens (tertiary/aromatic N) is 3. The van der Waals surface area contributed by atoms with Gasteiger partial charge in [-0.05, 0) is 23.8 Å². The number of amides is 1. The Morgan fingerprint density at radius 2 is 2.04 bits per heavy atom. The molecular weight excluding hydrogens is 298 g/mol. The highest BCUT2D eigenvalue weighted by Crippen LogP contribution is 2.10. The molecule has 1 amide bonds. The normalized spacial score (nSPS) is 10.5. The summed E-state index contributed by atoms with van der Waals surface area (Å²) in [6.07, 6.45) is 3.67. The molecule has 0 radical (unpaired) electrons. The second kappa shape index (κ2) is 8.09. The highest BCUT2D eigenvalue weighted by atomic mass is 16.5. The van der Waals surface area contributed by atoms with E-state index in [1.165, 1.54) is 12.0 Å². The topological polar surface area (TPSA) is 84.7 Å². The number of rotatable bonds is 8. The molecule has 7 nitrogen and oxygen atoms in total. The molecule has 1 N–H and O–H groups in total. The van der Waals surface area contributed by atoms with Crippen molar-refractivity contribution in [2.75, 3.05) is 26.8 Å². The Morgan fingerprint density at radius 1 is 1.30 bits per heavy atom. The number of carboxylic acids is 1. The van der Waals surface area contributed by atoms with Gasteiger partial charge in [-0.3, -0.25) is 9.59 Å². The van der Waals surface area contributed by atoms with Gasteiger partial charge in [0.05, 0.1) is 18.7 Å². The quantitative estimate of drug-likeness (QED) is 0.784. The van der Waals surface area contributed by atoms with E-state index >= 15 is 0 Å². The minimum absolute atomic E-state index is 0.149. The number of methoxy groups -OCH3 is 1. The zero-order chi connectivity index (χ0) is 16.7. The summed E-state index contributed by atoms with van der Waals surface area (Å²) in [5, 5.41) is 13.0. The molecule has 2 aromatic rings. The third-order valence-electron chi connectivity index (χ3n) is 3.30. The smallest absolute Gasteiger partial charge is 0.323 e. The van der Waals surface area contributed by atoms with Crippen LogP contribution >= 0.6 is 0 Å². The second-order valence-corrected chi connectivity index (χ2v) is 5.00. The number of carbonyl (C=O) groups excluding carboxylic acids is 1. The van der Waals surface area contributed by atoms with Crippen molar-refractivity contribution >= 4 is 11.9 Å². The molecule has 0 spiro atoms. The van der Waals surface area contributed by atoms with E-state index in [9.17, 15) is 9.59 Å². The molecule has 2 rings (SSSR count). The molecule has 0 aliphatic carbocycles. The first-order valence-electron chi connectivity index (χ1n) is 7.17. The highest BCUT2D eigenvalue weighted by molar-refractivity contribution is 5.83. The summed E-state index contributed by atoms with van der Waals surface area (Å²) in [7, 11) is 1.51. The Kier molecular flexibility index (Phi) is 5.87. The van der Waals surface area contributed by atoms with Crippen LogP contribution in [0.5, 0.6) is 0 Å². The van der Waals surface area contributed by atoms with E-state index in [1.807, 2.05) is 36.5 Å². The van der Waals surface area contributed by atoms with Crippen molar-refractivity contribution in [2.24, 2.45) is 0 Å². The average Bonchev–Trinajstić information content (AvgIpc) is 3.06. The van der Waals surface area contributed by atoms with Crippen LogP contribution < -0.4 is 0 Å². The zero-order valence-electron chi connectivity index (χ0n) is 12.9. The third kappa shape index (κ3) is 4.93. The first-order valence-corrected chi connectivity index (χ1v) is 7.17. The van der Waals surface area contributed by atoms with Gasteiger partial charge in [-0.25, -0.2) is 4.68 Å². The van der Waals surface area contributed by atoms with Crippen LogP contribution in [0.3, 0.4) is 0 Å². The van der Waals surface area contributed by atoms with Gasteiger partial charge in [0.2, 0.25) is 5.91 Å². The van der Waals surface area contributed by atoms with Crippen molar-refractivity contribution in [2.45, 2.75) is 6.42 Å². The number of benzene rings is 1. The summed E-state index contributed by atoms with van der Waals surface area (Å²) in [5.74, 6) is -1.28. The van der Waals surface area contributed by atoms with Crippen LogP contribution in [-0.2, 0) is 20.7 Å². The molecule has 0 saturated carbocycles. The number of hydrogen-bond acceptors (Lipinski definition) is 4. The molecule has 122 valence electrons. The van der Waals surface area contributed by atoms with E-state index in [2.05, 4.69) is 5.10 Å². The summed E-state index contributed by atoms with van der Waals surface area (Å²) in [6.45, 7) is 0.234. The SMILES string of the molecule is COCCN(CC(=O)O)C(=O)Cc1ccc(-n2cccn2)cc1. The standard InChI is InChI=1S/C16H19N3O4/c1-23-10-9-18(12-16(21)22)15(20)11-13-3-5-14(6-4-13)19-8-2-7-17-19/h2-8H,9-12H2,1H3,(H,21,22). The van der Waals surface area contributed by atoms with Crippen LogP contribution in [0.25, 0.3) is 5.69 Å². The predicted molar refractivity (Wildman–Crippen MR) is 83.4 cm³/mol. The summed E-state index contributed by atoms with van der Waals surface area (Å²) in [6, 6.07) is 9.24. The summed E-state index contributed by atoms with van der Waals surface area (Å²) >= 11 is 0. The molecular formula is C16H19N3O4. The van der Waals surface area contributed by atoms with Gasteiger partial charge >= 0.3 is 5.97 Å². The Hall–Kier alpha value is -2.67. The van der Waals surface area contributed by atoms with Crippen LogP contribution in [0.2, 0.25) is 0 Å². The number of aliphatic carboxylic acids is 1. The maximum atomic E-state index is 12.3. The molecule has 0 saturated heterocycles. The first-order chi connectivity index (χ1) is 11.1. The molecule has 23 heavy (non-hydrogen) atoms. The number of carboxylic acid groups (broad SMARTS) is 1. The summed E-state index contributed by atoms with van der Waals surface area (Å²) < 4.78 is 6.64. The minimum Gasteiger partial charge on any atom is -0.480 e. The van der Waals surface area contributed by atoms with Crippen molar-refractivity contribution in [1.29, 1.82) is 0 Å². The van der Waals surface area contributed by atoms with Gasteiger partial charge in [-0.1, -0.05) is 12.1 Å². The number of carbonyl (C=O) groups is 2. The largest absolute Gasteiger partial charge is 0.480 e. The molecule has 1 aromatic carbocycles. The molecule has 0 atom stereocenters. The van der Waals surface area contributed by atoms with E-state index < -0.39 is 5.97 Å². The van der Waals surface area contributed by atoms with Crippen molar-refractivity contribution in [3.05, 3.63) is 48.3 Å². The maximum Gasteiger partial charge on any atom is 0.323 e. The van der Waals surface area contributed by atoms with Gasteiger partial charge in [0.15, 0.2) is 0 Å². The van der Waals surface area contributed by atoms with Crippen molar-refractivity contribution in [1.82, 2.24) is 14.7 Å². The molecule has 1 aromatic heterocycles. The predicted octanol–water partition coefficient (Wildman–Crippen LogP) is 0.974. The number of ether oxygens (including phenoxy) is 1. The second-order valence-electron chi connectivity index (χ2n) is 5.00. The molecule has 0 fully saturated rings. The Balaban J connectivity index is 2.01. The lowest BCUT2D eigenvalue weighted by Gasteiger charge is -2.20. The lowest BCUT2D eigenvalue weighted by Crippen LogP contribution is -2.38. The van der Waals surface area contributed by atoms with Gasteiger partial charge in [-0.2, -0.15) is 5.10 Å². The van der Waals surface area contributed by atoms with Gasteiger partial charge in [-0.15, -0.1) is 0 Å². The van der Waals surface area contributed by atoms with E-state index in [4.69, 9.17) is 9.84 Å². The zero-order valence-corrected chi connectivity index (χ0v) is 12.9. The highest BCUT2D eigenvalue weighted by Gasteiger charge is 2.16. The minimum atomic E-state index is -1.04. The molecule has 0 bridgehead atoms. The van der Waals surface area contributed by atoms with Crippen LogP contribution in [0.4, 0.5) is 0 Å². The van der Waals surface area contributed by atoms with Gasteiger partial charge in [0.25, 0.3) is 0 Å². The van der Waals surface area contributed by atoms with E-state index in [0.29, 0.717) is 6.61 Å². The number of hydrogen-bond donors (Lipinski definition) is 1. The molecule has 7 heteroatoms. The Labute approximate surface area is 134 Å². The molecule has 0 unspecified atom stereocenters. The van der Waals surface area contributed by atoms with E-state index in [0.717, 1.165) is 11.3 Å². The molecule has 1 heterocycles. The first kappa shape index (κ1) is 16.7. The van der Waals surface area contributed by atoms with Crippen LogP contribution in [-0.4, -0.2) is 58.5 Å². The van der Waals surface area contributed by atoms with Crippen LogP contribution in [0.1, 0.15) is 5.56 Å². The van der Waals surface area contributed by atoms with Crippen molar-refractivity contribution in [3.63, 3.8) is 0 Å². The van der Waals surface area contributed by atoms with Crippen LogP contribution in [0.15, 0.2) is 42.7 Å². The molecule has 0 aliphatic heterocycles. The summed E-state index contributed by atoms with van der Waals surface area (Å²) in [4.78, 5) is 24.4. The van der Waals surface area contributed by atoms with Gasteiger partial charge in [0, 0.05) is 26.0 Å². The fraction of sp³-hybridized carbons (Fsp3) is 0.312. The Morgan fingerprint density at radius 3 is 2.61 bits per heavy atom. The summed E-state index contributed by atoms with van der Waals surface area (Å²) in [5.41, 5.74) is 1.71. The Bertz CT molecular complexity index is 638.